The summed E-state index contributed by atoms with van der Waals surface area (Å²) >= 11 is 0. The monoisotopic (exact) mass is 415 g/mol. The van der Waals surface area contributed by atoms with Crippen LogP contribution in [0.15, 0.2) is 91.0 Å². The van der Waals surface area contributed by atoms with E-state index >= 15 is 0 Å². The van der Waals surface area contributed by atoms with Crippen molar-refractivity contribution in [3.63, 3.8) is 0 Å². The molecule has 1 fully saturated rings. The number of aliphatic hydroxyl groups excluding tert-OH is 1. The number of nitrogens with one attached hydrogen (secondary N) is 1. The van der Waals surface area contributed by atoms with Crippen molar-refractivity contribution >= 4 is 5.91 Å². The van der Waals surface area contributed by atoms with Crippen molar-refractivity contribution in [2.45, 2.75) is 24.7 Å². The average Bonchev–Trinajstić information content (AvgIpc) is 2.82. The molecule has 0 spiro atoms. The van der Waals surface area contributed by atoms with Gasteiger partial charge < -0.3 is 16.2 Å². The highest BCUT2D eigenvalue weighted by molar-refractivity contribution is 5.94. The minimum absolute atomic E-state index is 0.0353. The van der Waals surface area contributed by atoms with Crippen LogP contribution >= 0.6 is 0 Å². The van der Waals surface area contributed by atoms with E-state index in [1.54, 1.807) is 12.1 Å². The SMILES string of the molecule is NC1CC(CNC(=O)c2ccccc2)C(O)CN1C(c1ccccc1)c1ccccc1. The van der Waals surface area contributed by atoms with Gasteiger partial charge in [0.25, 0.3) is 5.91 Å². The molecule has 1 saturated heterocycles. The molecule has 1 aliphatic rings. The first-order valence-electron chi connectivity index (χ1n) is 10.8. The smallest absolute Gasteiger partial charge is 0.251 e. The van der Waals surface area contributed by atoms with E-state index in [9.17, 15) is 9.90 Å². The quantitative estimate of drug-likeness (QED) is 0.578. The average molecular weight is 416 g/mol. The number of benzene rings is 3. The summed E-state index contributed by atoms with van der Waals surface area (Å²) in [5.41, 5.74) is 9.54. The lowest BCUT2D eigenvalue weighted by atomic mass is 9.87. The number of β-amino-alcohol motifs (C(OH)–C–C–N with tert-alkyl or cyclic N) is 1. The number of carbonyl (C=O) groups excluding carboxylic acids is 1. The maximum Gasteiger partial charge on any atom is 0.251 e. The molecule has 3 aromatic rings. The van der Waals surface area contributed by atoms with Crippen LogP contribution in [0.3, 0.4) is 0 Å². The van der Waals surface area contributed by atoms with Crippen molar-refractivity contribution in [2.75, 3.05) is 13.1 Å². The summed E-state index contributed by atoms with van der Waals surface area (Å²) in [7, 11) is 0. The minimum Gasteiger partial charge on any atom is -0.391 e. The standard InChI is InChI=1S/C26H29N3O2/c27-24-16-22(17-28-26(31)21-14-8-3-9-15-21)23(30)18-29(24)25(19-10-4-1-5-11-19)20-12-6-2-7-13-20/h1-15,22-25,30H,16-18,27H2,(H,28,31). The fourth-order valence-electron chi connectivity index (χ4n) is 4.38. The first-order valence-corrected chi connectivity index (χ1v) is 10.8. The third kappa shape index (κ3) is 5.02. The van der Waals surface area contributed by atoms with Crippen LogP contribution < -0.4 is 11.1 Å². The fraction of sp³-hybridized carbons (Fsp3) is 0.269. The van der Waals surface area contributed by atoms with E-state index in [2.05, 4.69) is 34.5 Å². The maximum atomic E-state index is 12.4. The van der Waals surface area contributed by atoms with Crippen molar-refractivity contribution in [3.8, 4) is 0 Å². The predicted molar refractivity (Wildman–Crippen MR) is 122 cm³/mol. The second kappa shape index (κ2) is 9.88. The molecular formula is C26H29N3O2. The lowest BCUT2D eigenvalue weighted by Gasteiger charge is -2.45. The molecule has 160 valence electrons. The van der Waals surface area contributed by atoms with Crippen LogP contribution in [0.25, 0.3) is 0 Å². The normalized spacial score (nSPS) is 21.7. The number of carbonyl (C=O) groups is 1. The van der Waals surface area contributed by atoms with Gasteiger partial charge in [0.2, 0.25) is 0 Å². The highest BCUT2D eigenvalue weighted by atomic mass is 16.3. The van der Waals surface area contributed by atoms with E-state index in [4.69, 9.17) is 5.73 Å². The molecule has 1 heterocycles. The van der Waals surface area contributed by atoms with Gasteiger partial charge in [-0.25, -0.2) is 0 Å². The third-order valence-electron chi connectivity index (χ3n) is 6.04. The van der Waals surface area contributed by atoms with E-state index in [0.717, 1.165) is 11.1 Å². The van der Waals surface area contributed by atoms with Crippen LogP contribution in [0.1, 0.15) is 33.9 Å². The van der Waals surface area contributed by atoms with Crippen molar-refractivity contribution in [1.82, 2.24) is 10.2 Å². The zero-order valence-electron chi connectivity index (χ0n) is 17.5. The second-order valence-electron chi connectivity index (χ2n) is 8.13. The molecule has 3 unspecified atom stereocenters. The Morgan fingerprint density at radius 1 is 0.935 bits per heavy atom. The molecule has 5 nitrogen and oxygen atoms in total. The molecule has 5 heteroatoms. The lowest BCUT2D eigenvalue weighted by molar-refractivity contribution is -0.0208. The Morgan fingerprint density at radius 3 is 2.00 bits per heavy atom. The molecule has 1 aliphatic heterocycles. The summed E-state index contributed by atoms with van der Waals surface area (Å²) < 4.78 is 0. The Labute approximate surface area is 183 Å². The van der Waals surface area contributed by atoms with Gasteiger partial charge in [-0.1, -0.05) is 78.9 Å². The van der Waals surface area contributed by atoms with Crippen LogP contribution in [0.2, 0.25) is 0 Å². The molecule has 0 saturated carbocycles. The van der Waals surface area contributed by atoms with Gasteiger partial charge in [0.15, 0.2) is 0 Å². The van der Waals surface area contributed by atoms with Crippen molar-refractivity contribution in [3.05, 3.63) is 108 Å². The second-order valence-corrected chi connectivity index (χ2v) is 8.13. The van der Waals surface area contributed by atoms with Gasteiger partial charge in [0.05, 0.1) is 18.3 Å². The highest BCUT2D eigenvalue weighted by Crippen LogP contribution is 2.34. The van der Waals surface area contributed by atoms with Gasteiger partial charge in [-0.05, 0) is 29.7 Å². The molecule has 3 atom stereocenters. The number of amides is 1. The number of nitrogens with two attached hydrogens (primary N) is 1. The van der Waals surface area contributed by atoms with Gasteiger partial charge in [-0.3, -0.25) is 9.69 Å². The first-order chi connectivity index (χ1) is 15.1. The first kappa shape index (κ1) is 21.2. The van der Waals surface area contributed by atoms with Crippen molar-refractivity contribution in [2.24, 2.45) is 11.7 Å². The molecular weight excluding hydrogens is 386 g/mol. The maximum absolute atomic E-state index is 12.4. The number of hydrogen-bond acceptors (Lipinski definition) is 4. The van der Waals surface area contributed by atoms with Crippen molar-refractivity contribution in [1.29, 1.82) is 0 Å². The Kier molecular flexibility index (Phi) is 6.77. The summed E-state index contributed by atoms with van der Waals surface area (Å²) in [6.45, 7) is 0.846. The third-order valence-corrected chi connectivity index (χ3v) is 6.04. The summed E-state index contributed by atoms with van der Waals surface area (Å²) in [5.74, 6) is -0.221. The van der Waals surface area contributed by atoms with E-state index < -0.39 is 6.10 Å². The number of likely N-dealkylation sites (tertiary alicyclic amines) is 1. The summed E-state index contributed by atoms with van der Waals surface area (Å²) in [4.78, 5) is 14.6. The number of rotatable bonds is 6. The van der Waals surface area contributed by atoms with Gasteiger partial charge in [0.1, 0.15) is 0 Å². The van der Waals surface area contributed by atoms with E-state index in [1.165, 1.54) is 0 Å². The van der Waals surface area contributed by atoms with Gasteiger partial charge in [-0.15, -0.1) is 0 Å². The largest absolute Gasteiger partial charge is 0.391 e. The highest BCUT2D eigenvalue weighted by Gasteiger charge is 2.37. The van der Waals surface area contributed by atoms with Crippen LogP contribution in [-0.2, 0) is 0 Å². The van der Waals surface area contributed by atoms with Crippen molar-refractivity contribution < 1.29 is 9.90 Å². The molecule has 0 radical (unpaired) electrons. The number of nitrogens with zero attached hydrogens (tertiary/aromatic N) is 1. The van der Waals surface area contributed by atoms with Crippen LogP contribution in [-0.4, -0.2) is 41.3 Å². The van der Waals surface area contributed by atoms with Crippen LogP contribution in [0, 0.1) is 5.92 Å². The predicted octanol–water partition coefficient (Wildman–Crippen LogP) is 3.17. The Morgan fingerprint density at radius 2 is 1.45 bits per heavy atom. The Hall–Kier alpha value is -2.99. The minimum atomic E-state index is -0.578. The molecule has 3 aromatic carbocycles. The van der Waals surface area contributed by atoms with Crippen LogP contribution in [0.4, 0.5) is 0 Å². The van der Waals surface area contributed by atoms with E-state index in [1.807, 2.05) is 54.6 Å². The molecule has 1 amide bonds. The summed E-state index contributed by atoms with van der Waals surface area (Å²) in [6.07, 6.45) is -0.204. The van der Waals surface area contributed by atoms with Gasteiger partial charge in [-0.2, -0.15) is 0 Å². The lowest BCUT2D eigenvalue weighted by Crippen LogP contribution is -2.57. The molecule has 4 N–H and O–H groups in total. The van der Waals surface area contributed by atoms with Gasteiger partial charge >= 0.3 is 0 Å². The van der Waals surface area contributed by atoms with Crippen LogP contribution in [0.5, 0.6) is 0 Å². The number of hydrogen-bond donors (Lipinski definition) is 3. The zero-order chi connectivity index (χ0) is 21.6. The van der Waals surface area contributed by atoms with Gasteiger partial charge in [0, 0.05) is 24.6 Å². The topological polar surface area (TPSA) is 78.6 Å². The van der Waals surface area contributed by atoms with E-state index in [-0.39, 0.29) is 24.0 Å². The fourth-order valence-corrected chi connectivity index (χ4v) is 4.38. The summed E-state index contributed by atoms with van der Waals surface area (Å²) in [6, 6.07) is 29.6. The Balaban J connectivity index is 1.47. The van der Waals surface area contributed by atoms with E-state index in [0.29, 0.717) is 25.1 Å². The Bertz CT molecular complexity index is 926. The molecule has 0 bridgehead atoms. The molecule has 0 aliphatic carbocycles. The molecule has 0 aromatic heterocycles. The zero-order valence-corrected chi connectivity index (χ0v) is 17.5. The molecule has 4 rings (SSSR count). The summed E-state index contributed by atoms with van der Waals surface area (Å²) in [5, 5.41) is 13.9. The molecule has 31 heavy (non-hydrogen) atoms. The number of piperidine rings is 1. The number of aliphatic hydroxyl groups is 1.